The van der Waals surface area contributed by atoms with Crippen molar-refractivity contribution in [2.45, 2.75) is 45.8 Å². The van der Waals surface area contributed by atoms with Crippen LogP contribution in [0.2, 0.25) is 0 Å². The van der Waals surface area contributed by atoms with Crippen LogP contribution >= 0.6 is 11.8 Å². The van der Waals surface area contributed by atoms with E-state index < -0.39 is 29.9 Å². The van der Waals surface area contributed by atoms with Gasteiger partial charge in [-0.15, -0.1) is 0 Å². The second kappa shape index (κ2) is 6.90. The van der Waals surface area contributed by atoms with Gasteiger partial charge in [-0.1, -0.05) is 30.0 Å². The Morgan fingerprint density at radius 3 is 2.42 bits per heavy atom. The minimum atomic E-state index is -0.709. The third-order valence-corrected chi connectivity index (χ3v) is 5.23. The van der Waals surface area contributed by atoms with Crippen molar-refractivity contribution in [2.75, 3.05) is 5.75 Å². The van der Waals surface area contributed by atoms with Crippen LogP contribution in [0.15, 0.2) is 23.7 Å². The highest BCUT2D eigenvalue weighted by molar-refractivity contribution is 8.13. The second-order valence-electron chi connectivity index (χ2n) is 6.77. The van der Waals surface area contributed by atoms with Crippen molar-refractivity contribution in [1.29, 1.82) is 0 Å². The van der Waals surface area contributed by atoms with E-state index in [-0.39, 0.29) is 10.7 Å². The predicted molar refractivity (Wildman–Crippen MR) is 95.3 cm³/mol. The van der Waals surface area contributed by atoms with E-state index in [0.29, 0.717) is 11.2 Å². The summed E-state index contributed by atoms with van der Waals surface area (Å²) in [6, 6.07) is 4.40. The van der Waals surface area contributed by atoms with Gasteiger partial charge in [0.2, 0.25) is 0 Å². The van der Waals surface area contributed by atoms with Crippen molar-refractivity contribution in [3.05, 3.63) is 35.1 Å². The average molecular weight is 352 g/mol. The van der Waals surface area contributed by atoms with Crippen molar-refractivity contribution >= 4 is 30.1 Å². The van der Waals surface area contributed by atoms with Crippen molar-refractivity contribution in [1.82, 2.24) is 0 Å². The summed E-state index contributed by atoms with van der Waals surface area (Å²) in [6.45, 7) is 9.19. The van der Waals surface area contributed by atoms with E-state index in [4.69, 9.17) is 9.31 Å². The van der Waals surface area contributed by atoms with Gasteiger partial charge in [0.25, 0.3) is 0 Å². The van der Waals surface area contributed by atoms with Gasteiger partial charge in [-0.2, -0.15) is 0 Å². The number of phenolic OH excluding ortho intramolecular Hbond substituents is 1. The van der Waals surface area contributed by atoms with Gasteiger partial charge < -0.3 is 14.4 Å². The van der Waals surface area contributed by atoms with Gasteiger partial charge in [0, 0.05) is 18.2 Å². The Bertz CT molecular complexity index is 657. The zero-order valence-electron chi connectivity index (χ0n) is 14.6. The molecule has 2 rings (SSSR count). The fraction of sp³-hybridized carbons (Fsp3) is 0.471. The highest BCUT2D eigenvalue weighted by atomic mass is 32.2. The fourth-order valence-corrected chi connectivity index (χ4v) is 2.79. The number of carbonyl (C=O) groups is 1. The maximum atomic E-state index is 14.1. The summed E-state index contributed by atoms with van der Waals surface area (Å²) in [5.74, 6) is -0.808. The van der Waals surface area contributed by atoms with Gasteiger partial charge >= 0.3 is 7.12 Å². The maximum Gasteiger partial charge on any atom is 0.491 e. The fourth-order valence-electron chi connectivity index (χ4n) is 2.21. The summed E-state index contributed by atoms with van der Waals surface area (Å²) in [4.78, 5) is 11.3. The number of hydrogen-bond acceptors (Lipinski definition) is 5. The first-order valence-corrected chi connectivity index (χ1v) is 8.69. The number of benzene rings is 1. The first kappa shape index (κ1) is 19.0. The van der Waals surface area contributed by atoms with Gasteiger partial charge in [0.1, 0.15) is 0 Å². The molecule has 1 fully saturated rings. The maximum absolute atomic E-state index is 14.1. The molecule has 4 nitrogen and oxygen atoms in total. The quantitative estimate of drug-likeness (QED) is 0.835. The topological polar surface area (TPSA) is 55.8 Å². The van der Waals surface area contributed by atoms with Crippen LogP contribution in [0.25, 0.3) is 6.08 Å². The Balaban J connectivity index is 2.37. The SMILES string of the molecule is CC(=O)SCC(=Cc1cccc(O)c1F)B1OC(C)(C)C(C)(C)O1. The molecule has 130 valence electrons. The van der Waals surface area contributed by atoms with Crippen molar-refractivity contribution < 1.29 is 23.6 Å². The Morgan fingerprint density at radius 2 is 1.88 bits per heavy atom. The number of rotatable bonds is 4. The van der Waals surface area contributed by atoms with E-state index in [2.05, 4.69) is 0 Å². The van der Waals surface area contributed by atoms with Crippen LogP contribution in [0, 0.1) is 5.82 Å². The van der Waals surface area contributed by atoms with Crippen LogP contribution in [0.5, 0.6) is 5.75 Å². The molecular weight excluding hydrogens is 330 g/mol. The lowest BCUT2D eigenvalue weighted by molar-refractivity contribution is -0.109. The molecule has 0 aliphatic carbocycles. The van der Waals surface area contributed by atoms with E-state index >= 15 is 0 Å². The molecule has 0 radical (unpaired) electrons. The van der Waals surface area contributed by atoms with E-state index in [1.807, 2.05) is 27.7 Å². The smallest absolute Gasteiger partial charge is 0.491 e. The Labute approximate surface area is 146 Å². The van der Waals surface area contributed by atoms with Gasteiger partial charge in [-0.05, 0) is 39.2 Å². The van der Waals surface area contributed by atoms with Gasteiger partial charge in [0.15, 0.2) is 16.7 Å². The van der Waals surface area contributed by atoms with Crippen LogP contribution in [0.4, 0.5) is 4.39 Å². The summed E-state index contributed by atoms with van der Waals surface area (Å²) >= 11 is 1.10. The van der Waals surface area contributed by atoms with Crippen molar-refractivity contribution in [2.24, 2.45) is 0 Å². The molecule has 1 N–H and O–H groups in total. The molecular formula is C17H22BFO4S. The summed E-state index contributed by atoms with van der Waals surface area (Å²) < 4.78 is 26.1. The first-order chi connectivity index (χ1) is 11.0. The second-order valence-corrected chi connectivity index (χ2v) is 7.92. The lowest BCUT2D eigenvalue weighted by atomic mass is 9.78. The number of halogens is 1. The molecule has 0 spiro atoms. The van der Waals surface area contributed by atoms with Crippen LogP contribution in [-0.4, -0.2) is 34.3 Å². The van der Waals surface area contributed by atoms with E-state index in [1.54, 1.807) is 18.2 Å². The molecule has 0 saturated carbocycles. The number of hydrogen-bond donors (Lipinski definition) is 1. The zero-order chi connectivity index (χ0) is 18.1. The molecule has 0 amide bonds. The average Bonchev–Trinajstić information content (AvgIpc) is 2.67. The van der Waals surface area contributed by atoms with Crippen LogP contribution < -0.4 is 0 Å². The molecule has 0 atom stereocenters. The Kier molecular flexibility index (Phi) is 5.47. The summed E-state index contributed by atoms with van der Waals surface area (Å²) in [5.41, 5.74) is -0.202. The number of aromatic hydroxyl groups is 1. The van der Waals surface area contributed by atoms with Gasteiger partial charge in [-0.3, -0.25) is 4.79 Å². The van der Waals surface area contributed by atoms with Crippen LogP contribution in [-0.2, 0) is 14.1 Å². The summed E-state index contributed by atoms with van der Waals surface area (Å²) in [6.07, 6.45) is 1.58. The molecule has 0 unspecified atom stereocenters. The molecule has 1 aliphatic rings. The first-order valence-electron chi connectivity index (χ1n) is 7.70. The molecule has 1 saturated heterocycles. The molecule has 7 heteroatoms. The molecule has 1 aliphatic heterocycles. The van der Waals surface area contributed by atoms with E-state index in [9.17, 15) is 14.3 Å². The summed E-state index contributed by atoms with van der Waals surface area (Å²) in [5, 5.41) is 9.49. The lowest BCUT2D eigenvalue weighted by Gasteiger charge is -2.32. The normalized spacial score (nSPS) is 19.6. The van der Waals surface area contributed by atoms with Crippen molar-refractivity contribution in [3.8, 4) is 5.75 Å². The molecule has 1 aromatic carbocycles. The van der Waals surface area contributed by atoms with E-state index in [0.717, 1.165) is 11.8 Å². The predicted octanol–water partition coefficient (Wildman–Crippen LogP) is 3.83. The number of carbonyl (C=O) groups excluding carboxylic acids is 1. The van der Waals surface area contributed by atoms with Crippen LogP contribution in [0.3, 0.4) is 0 Å². The standard InChI is InChI=1S/C17H22BFO4S/c1-11(20)24-10-13(9-12-7-6-8-14(21)15(12)19)18-22-16(2,3)17(4,5)23-18/h6-9,21H,10H2,1-5H3. The largest absolute Gasteiger partial charge is 0.505 e. The number of thioether (sulfide) groups is 1. The van der Waals surface area contributed by atoms with Gasteiger partial charge in [-0.25, -0.2) is 4.39 Å². The molecule has 0 bridgehead atoms. The zero-order valence-corrected chi connectivity index (χ0v) is 15.4. The third kappa shape index (κ3) is 4.02. The molecule has 24 heavy (non-hydrogen) atoms. The minimum Gasteiger partial charge on any atom is -0.505 e. The lowest BCUT2D eigenvalue weighted by Crippen LogP contribution is -2.41. The Hall–Kier alpha value is -1.31. The highest BCUT2D eigenvalue weighted by Gasteiger charge is 2.52. The molecule has 1 aromatic rings. The number of phenols is 1. The minimum absolute atomic E-state index is 0.0474. The molecule has 1 heterocycles. The Morgan fingerprint density at radius 1 is 1.29 bits per heavy atom. The highest BCUT2D eigenvalue weighted by Crippen LogP contribution is 2.39. The van der Waals surface area contributed by atoms with Crippen LogP contribution in [0.1, 0.15) is 40.2 Å². The third-order valence-electron chi connectivity index (χ3n) is 4.35. The monoisotopic (exact) mass is 352 g/mol. The summed E-state index contributed by atoms with van der Waals surface area (Å²) in [7, 11) is -0.677. The van der Waals surface area contributed by atoms with E-state index in [1.165, 1.54) is 13.0 Å². The molecule has 0 aromatic heterocycles. The van der Waals surface area contributed by atoms with Crippen molar-refractivity contribution in [3.63, 3.8) is 0 Å². The van der Waals surface area contributed by atoms with Gasteiger partial charge in [0.05, 0.1) is 11.2 Å².